The summed E-state index contributed by atoms with van der Waals surface area (Å²) in [5.74, 6) is -0.509. The summed E-state index contributed by atoms with van der Waals surface area (Å²) in [5, 5.41) is 0. The number of carbonyl (C=O) groups is 1. The molecule has 0 aromatic heterocycles. The number of ether oxygens (including phenoxy) is 1. The number of hydrogen-bond donors (Lipinski definition) is 0. The highest BCUT2D eigenvalue weighted by molar-refractivity contribution is 5.82. The van der Waals surface area contributed by atoms with Crippen LogP contribution in [0.3, 0.4) is 0 Å². The Balaban J connectivity index is 1.71. The molecule has 1 radical (unpaired) electrons. The number of carbonyl (C=O) groups excluding carboxylic acids is 1. The van der Waals surface area contributed by atoms with E-state index < -0.39 is 0 Å². The van der Waals surface area contributed by atoms with Crippen LogP contribution < -0.4 is 0 Å². The maximum Gasteiger partial charge on any atom is 0.317 e. The van der Waals surface area contributed by atoms with Crippen LogP contribution in [0.5, 0.6) is 0 Å². The largest absolute Gasteiger partial charge is 0.460 e. The van der Waals surface area contributed by atoms with Crippen LogP contribution in [0, 0.1) is 6.42 Å². The lowest BCUT2D eigenvalue weighted by Gasteiger charge is -2.19. The van der Waals surface area contributed by atoms with E-state index in [2.05, 4.69) is 0 Å². The SMILES string of the molecule is O=C(OCc1ccccc1)C1C=C[CH]c2ccccc21. The van der Waals surface area contributed by atoms with Gasteiger partial charge in [0.05, 0.1) is 0 Å². The third-order valence-corrected chi connectivity index (χ3v) is 3.39. The first-order valence-electron chi connectivity index (χ1n) is 6.65. The molecule has 0 bridgehead atoms. The molecule has 0 N–H and O–H groups in total. The van der Waals surface area contributed by atoms with Crippen molar-refractivity contribution in [2.75, 3.05) is 0 Å². The molecule has 1 aliphatic rings. The van der Waals surface area contributed by atoms with Gasteiger partial charge in [-0.25, -0.2) is 0 Å². The van der Waals surface area contributed by atoms with Crippen LogP contribution >= 0.6 is 0 Å². The Morgan fingerprint density at radius 3 is 2.60 bits per heavy atom. The monoisotopic (exact) mass is 263 g/mol. The average Bonchev–Trinajstić information content (AvgIpc) is 2.53. The first-order valence-corrected chi connectivity index (χ1v) is 6.65. The second-order valence-electron chi connectivity index (χ2n) is 4.75. The van der Waals surface area contributed by atoms with Crippen molar-refractivity contribution in [1.82, 2.24) is 0 Å². The van der Waals surface area contributed by atoms with Crippen LogP contribution in [0.4, 0.5) is 0 Å². The van der Waals surface area contributed by atoms with E-state index in [1.54, 1.807) is 0 Å². The number of hydrogen-bond acceptors (Lipinski definition) is 2. The quantitative estimate of drug-likeness (QED) is 0.790. The molecule has 0 fully saturated rings. The molecule has 20 heavy (non-hydrogen) atoms. The van der Waals surface area contributed by atoms with Crippen LogP contribution in [0.2, 0.25) is 0 Å². The van der Waals surface area contributed by atoms with E-state index in [1.807, 2.05) is 73.2 Å². The fraction of sp³-hybridized carbons (Fsp3) is 0.111. The van der Waals surface area contributed by atoms with Crippen molar-refractivity contribution in [1.29, 1.82) is 0 Å². The summed E-state index contributed by atoms with van der Waals surface area (Å²) in [7, 11) is 0. The molecular formula is C18H15O2. The molecule has 99 valence electrons. The fourth-order valence-electron chi connectivity index (χ4n) is 2.34. The van der Waals surface area contributed by atoms with Crippen molar-refractivity contribution in [2.45, 2.75) is 12.5 Å². The molecular weight excluding hydrogens is 248 g/mol. The second kappa shape index (κ2) is 5.74. The molecule has 0 aliphatic heterocycles. The van der Waals surface area contributed by atoms with Gasteiger partial charge in [-0.2, -0.15) is 0 Å². The van der Waals surface area contributed by atoms with Crippen LogP contribution in [-0.4, -0.2) is 5.97 Å². The molecule has 2 nitrogen and oxygen atoms in total. The molecule has 2 aromatic carbocycles. The van der Waals surface area contributed by atoms with E-state index in [0.717, 1.165) is 16.7 Å². The molecule has 0 saturated heterocycles. The molecule has 2 heteroatoms. The Morgan fingerprint density at radius 2 is 1.75 bits per heavy atom. The second-order valence-corrected chi connectivity index (χ2v) is 4.75. The van der Waals surface area contributed by atoms with Gasteiger partial charge in [0.2, 0.25) is 0 Å². The number of benzene rings is 2. The number of fused-ring (bicyclic) bond motifs is 1. The molecule has 1 unspecified atom stereocenters. The minimum absolute atomic E-state index is 0.203. The van der Waals surface area contributed by atoms with Crippen LogP contribution in [0.25, 0.3) is 0 Å². The zero-order chi connectivity index (χ0) is 13.8. The summed E-state index contributed by atoms with van der Waals surface area (Å²) in [4.78, 5) is 12.2. The smallest absolute Gasteiger partial charge is 0.317 e. The van der Waals surface area contributed by atoms with Gasteiger partial charge in [-0.05, 0) is 16.7 Å². The zero-order valence-electron chi connectivity index (χ0n) is 11.0. The molecule has 0 saturated carbocycles. The van der Waals surface area contributed by atoms with Gasteiger partial charge in [-0.15, -0.1) is 0 Å². The minimum Gasteiger partial charge on any atom is -0.460 e. The molecule has 0 spiro atoms. The maximum atomic E-state index is 12.2. The summed E-state index contributed by atoms with van der Waals surface area (Å²) in [6.45, 7) is 0.315. The highest BCUT2D eigenvalue weighted by atomic mass is 16.5. The van der Waals surface area contributed by atoms with E-state index in [1.165, 1.54) is 0 Å². The Kier molecular flexibility index (Phi) is 3.64. The summed E-state index contributed by atoms with van der Waals surface area (Å²) in [5.41, 5.74) is 3.09. The van der Waals surface area contributed by atoms with Gasteiger partial charge in [-0.3, -0.25) is 4.79 Å². The summed E-state index contributed by atoms with van der Waals surface area (Å²) < 4.78 is 5.42. The van der Waals surface area contributed by atoms with E-state index in [0.29, 0.717) is 6.61 Å². The van der Waals surface area contributed by atoms with Crippen molar-refractivity contribution in [3.8, 4) is 0 Å². The minimum atomic E-state index is -0.306. The predicted molar refractivity (Wildman–Crippen MR) is 78.0 cm³/mol. The van der Waals surface area contributed by atoms with Gasteiger partial charge < -0.3 is 4.74 Å². The van der Waals surface area contributed by atoms with Crippen molar-refractivity contribution in [2.24, 2.45) is 0 Å². The third-order valence-electron chi connectivity index (χ3n) is 3.39. The van der Waals surface area contributed by atoms with Gasteiger partial charge in [0.1, 0.15) is 12.5 Å². The zero-order valence-corrected chi connectivity index (χ0v) is 11.0. The first-order chi connectivity index (χ1) is 9.84. The number of rotatable bonds is 3. The maximum absolute atomic E-state index is 12.2. The van der Waals surface area contributed by atoms with E-state index in [-0.39, 0.29) is 11.9 Å². The Bertz CT molecular complexity index is 629. The van der Waals surface area contributed by atoms with Gasteiger partial charge >= 0.3 is 5.97 Å². The van der Waals surface area contributed by atoms with E-state index >= 15 is 0 Å². The first kappa shape index (κ1) is 12.7. The Labute approximate surface area is 118 Å². The topological polar surface area (TPSA) is 26.3 Å². The molecule has 2 aromatic rings. The van der Waals surface area contributed by atoms with Gasteiger partial charge in [-0.1, -0.05) is 66.7 Å². The third kappa shape index (κ3) is 2.64. The van der Waals surface area contributed by atoms with E-state index in [9.17, 15) is 4.79 Å². The molecule has 3 rings (SSSR count). The summed E-state index contributed by atoms with van der Waals surface area (Å²) in [6, 6.07) is 17.6. The summed E-state index contributed by atoms with van der Waals surface area (Å²) >= 11 is 0. The number of allylic oxidation sites excluding steroid dienone is 1. The van der Waals surface area contributed by atoms with Crippen molar-refractivity contribution in [3.63, 3.8) is 0 Å². The van der Waals surface area contributed by atoms with Crippen molar-refractivity contribution in [3.05, 3.63) is 89.9 Å². The molecule has 0 heterocycles. The normalized spacial score (nSPS) is 16.5. The van der Waals surface area contributed by atoms with Crippen LogP contribution in [0.1, 0.15) is 22.6 Å². The lowest BCUT2D eigenvalue weighted by atomic mass is 9.88. The van der Waals surface area contributed by atoms with Gasteiger partial charge in [0.15, 0.2) is 0 Å². The Hall–Kier alpha value is -2.35. The van der Waals surface area contributed by atoms with Crippen LogP contribution in [-0.2, 0) is 16.1 Å². The molecule has 1 aliphatic carbocycles. The fourth-order valence-corrected chi connectivity index (χ4v) is 2.34. The van der Waals surface area contributed by atoms with E-state index in [4.69, 9.17) is 4.74 Å². The summed E-state index contributed by atoms with van der Waals surface area (Å²) in [6.07, 6.45) is 5.81. The highest BCUT2D eigenvalue weighted by Gasteiger charge is 2.24. The molecule has 0 amide bonds. The Morgan fingerprint density at radius 1 is 1.00 bits per heavy atom. The lowest BCUT2D eigenvalue weighted by Crippen LogP contribution is -2.17. The standard InChI is InChI=1S/C18H15O2/c19-18(20-13-14-7-2-1-3-8-14)17-12-6-10-15-9-4-5-11-16(15)17/h1-12,17H,13H2. The predicted octanol–water partition coefficient (Wildman–Crippen LogP) is 3.64. The van der Waals surface area contributed by atoms with Gasteiger partial charge in [0, 0.05) is 6.42 Å². The van der Waals surface area contributed by atoms with Crippen molar-refractivity contribution >= 4 is 5.97 Å². The lowest BCUT2D eigenvalue weighted by molar-refractivity contribution is -0.145. The van der Waals surface area contributed by atoms with Gasteiger partial charge in [0.25, 0.3) is 0 Å². The highest BCUT2D eigenvalue weighted by Crippen LogP contribution is 2.28. The van der Waals surface area contributed by atoms with Crippen LogP contribution in [0.15, 0.2) is 66.7 Å². The average molecular weight is 263 g/mol. The molecule has 1 atom stereocenters. The number of esters is 1. The van der Waals surface area contributed by atoms with Crippen molar-refractivity contribution < 1.29 is 9.53 Å².